The summed E-state index contributed by atoms with van der Waals surface area (Å²) in [5.74, 6) is -12.3. The van der Waals surface area contributed by atoms with Crippen LogP contribution in [0.1, 0.15) is 76.5 Å². The predicted molar refractivity (Wildman–Crippen MR) is 371 cm³/mol. The number of carboxylic acids is 5. The van der Waals surface area contributed by atoms with Gasteiger partial charge in [-0.2, -0.15) is 48.1 Å². The van der Waals surface area contributed by atoms with Gasteiger partial charge >= 0.3 is 48.0 Å². The number of benzene rings is 6. The average Bonchev–Trinajstić information content (AvgIpc) is 0.812. The molecule has 6 aromatic rings. The standard InChI is InChI=1S/C64H74N12O22S2.C2HF3O2/c65-63(66)73-49-15-11-45(12-16-49)61(87)97-51-19-7-41(8-20-51)37-71-99(89,90)75(53(59(83)84)35-55(77)78)39-43-3-1-5-47(33-43)57(81)69-23-25-93-27-29-95-31-32-96-30-28-94-26-24-70-58(82)48-6-2-4-44(34-48)40-76(54(60(85)86)36-56(79)80)100(91,92)72-38-42-9-21-52(22-10-42)98-62(88)46-13-17-50(18-14-46)74-64(67)68;3-2(4,5)1(6)7/h1-22,33-34,53-54,71-72H,23-32,35-40H2,(H,69,81)(H,70,82)(H,77,78)(H,79,80)(H,83,84)(H,85,86)(H4,65,66,73)(H4,67,68,74);(H,6,7)/t53-,54-;/m0./s1. The Morgan fingerprint density at radius 2 is 0.766 bits per heavy atom. The quantitative estimate of drug-likeness (QED) is 0.00859. The van der Waals surface area contributed by atoms with Crippen molar-refractivity contribution in [1.29, 1.82) is 10.8 Å². The molecule has 0 aliphatic heterocycles. The van der Waals surface area contributed by atoms with E-state index in [2.05, 4.69) is 30.7 Å². The number of ether oxygens (including phenoxy) is 6. The number of alkyl halides is 3. The fourth-order valence-corrected chi connectivity index (χ4v) is 11.7. The maximum atomic E-state index is 13.8. The van der Waals surface area contributed by atoms with Crippen molar-refractivity contribution in [2.75, 3.05) is 76.6 Å². The lowest BCUT2D eigenvalue weighted by molar-refractivity contribution is -0.192. The molecule has 0 bridgehead atoms. The highest BCUT2D eigenvalue weighted by atomic mass is 32.2. The molecule has 0 saturated carbocycles. The first-order valence-electron chi connectivity index (χ1n) is 31.4. The van der Waals surface area contributed by atoms with Crippen molar-refractivity contribution in [2.24, 2.45) is 11.5 Å². The molecular formula is C66H75F3N12O24S2. The van der Waals surface area contributed by atoms with Crippen molar-refractivity contribution >= 4 is 97.3 Å². The molecule has 6 aromatic carbocycles. The molecule has 0 spiro atoms. The minimum Gasteiger partial charge on any atom is -0.481 e. The number of carbonyl (C=O) groups excluding carboxylic acids is 4. The van der Waals surface area contributed by atoms with Crippen molar-refractivity contribution in [1.82, 2.24) is 28.7 Å². The van der Waals surface area contributed by atoms with Crippen molar-refractivity contribution < 1.29 is 127 Å². The molecule has 17 N–H and O–H groups in total. The molecule has 36 nitrogen and oxygen atoms in total. The van der Waals surface area contributed by atoms with E-state index in [9.17, 15) is 88.8 Å². The molecule has 107 heavy (non-hydrogen) atoms. The van der Waals surface area contributed by atoms with Gasteiger partial charge in [-0.05, 0) is 119 Å². The van der Waals surface area contributed by atoms with Gasteiger partial charge in [0.25, 0.3) is 32.2 Å². The Bertz CT molecular complexity index is 4040. The molecule has 41 heteroatoms. The summed E-state index contributed by atoms with van der Waals surface area (Å²) in [5.41, 5.74) is 13.2. The highest BCUT2D eigenvalue weighted by Gasteiger charge is 2.40. The van der Waals surface area contributed by atoms with E-state index in [1.807, 2.05) is 0 Å². The highest BCUT2D eigenvalue weighted by Crippen LogP contribution is 2.23. The zero-order valence-electron chi connectivity index (χ0n) is 56.3. The summed E-state index contributed by atoms with van der Waals surface area (Å²) in [6.45, 7) is -0.718. The summed E-state index contributed by atoms with van der Waals surface area (Å²) in [5, 5.41) is 71.3. The first-order chi connectivity index (χ1) is 50.6. The van der Waals surface area contributed by atoms with Crippen LogP contribution in [-0.2, 0) is 89.5 Å². The van der Waals surface area contributed by atoms with Crippen LogP contribution in [0.4, 0.5) is 24.5 Å². The minimum atomic E-state index is -5.08. The van der Waals surface area contributed by atoms with Gasteiger partial charge in [0.2, 0.25) is 0 Å². The average molecular weight is 1540 g/mol. The first kappa shape index (κ1) is 86.1. The smallest absolute Gasteiger partial charge is 0.481 e. The zero-order chi connectivity index (χ0) is 78.9. The van der Waals surface area contributed by atoms with E-state index in [1.54, 1.807) is 0 Å². The number of amides is 2. The van der Waals surface area contributed by atoms with Crippen LogP contribution in [0.5, 0.6) is 11.5 Å². The van der Waals surface area contributed by atoms with Gasteiger partial charge in [-0.3, -0.25) is 39.6 Å². The SMILES string of the molecule is N=C(N)Nc1ccc(C(=O)Oc2ccc(CNS(=O)(=O)N(Cc3cccc(C(=O)NCCOCCOCCOCCOCCNC(=O)c4cccc(CN([C@@H](CC(=O)O)C(=O)O)S(=O)(=O)NCc5ccc(OC(=O)c6ccc(NC(=N)N)cc6)cc5)c4)c3)[C@@H](CC(=O)O)C(=O)O)cc2)cc1.O=C(O)C(F)(F)F. The van der Waals surface area contributed by atoms with Crippen molar-refractivity contribution in [3.8, 4) is 11.5 Å². The molecule has 0 radical (unpaired) electrons. The normalized spacial score (nSPS) is 11.9. The van der Waals surface area contributed by atoms with Gasteiger partial charge in [0.15, 0.2) is 11.9 Å². The van der Waals surface area contributed by atoms with Crippen LogP contribution in [0.2, 0.25) is 0 Å². The second-order valence-electron chi connectivity index (χ2n) is 22.1. The van der Waals surface area contributed by atoms with Crippen LogP contribution < -0.4 is 51.7 Å². The monoisotopic (exact) mass is 1540 g/mol. The zero-order valence-corrected chi connectivity index (χ0v) is 58.0. The maximum Gasteiger partial charge on any atom is 0.490 e. The second-order valence-corrected chi connectivity index (χ2v) is 25.5. The molecular weight excluding hydrogens is 1470 g/mol. The van der Waals surface area contributed by atoms with Gasteiger partial charge in [0.05, 0.1) is 76.8 Å². The predicted octanol–water partition coefficient (Wildman–Crippen LogP) is 3.12. The largest absolute Gasteiger partial charge is 0.490 e. The number of rotatable bonds is 43. The molecule has 0 fully saturated rings. The maximum absolute atomic E-state index is 13.8. The minimum absolute atomic E-state index is 0.0550. The molecule has 0 aliphatic rings. The first-order valence-corrected chi connectivity index (χ1v) is 34.3. The molecule has 6 rings (SSSR count). The number of aliphatic carboxylic acids is 5. The van der Waals surface area contributed by atoms with Gasteiger partial charge in [0, 0.05) is 61.8 Å². The van der Waals surface area contributed by atoms with Gasteiger partial charge in [-0.25, -0.2) is 14.4 Å². The summed E-state index contributed by atoms with van der Waals surface area (Å²) in [6, 6.07) is 30.5. The molecule has 0 unspecified atom stereocenters. The summed E-state index contributed by atoms with van der Waals surface area (Å²) in [7, 11) is -9.49. The van der Waals surface area contributed by atoms with Crippen LogP contribution in [0.3, 0.4) is 0 Å². The van der Waals surface area contributed by atoms with E-state index in [-0.39, 0.29) is 136 Å². The molecule has 0 heterocycles. The van der Waals surface area contributed by atoms with Gasteiger partial charge < -0.3 is 86.7 Å². The number of guanidine groups is 2. The number of esters is 2. The number of halogens is 3. The molecule has 0 aliphatic carbocycles. The summed E-state index contributed by atoms with van der Waals surface area (Å²) in [4.78, 5) is 109. The third-order valence-corrected chi connectivity index (χ3v) is 17.1. The number of nitrogens with two attached hydrogens (primary N) is 2. The fourth-order valence-electron chi connectivity index (χ4n) is 8.99. The number of hydrogen-bond acceptors (Lipinski definition) is 21. The number of hydrogen-bond donors (Lipinski definition) is 15. The van der Waals surface area contributed by atoms with Crippen LogP contribution in [0.25, 0.3) is 0 Å². The van der Waals surface area contributed by atoms with Gasteiger partial charge in [0.1, 0.15) is 23.6 Å². The number of carboxylic acid groups (broad SMARTS) is 5. The topological polar surface area (TPSA) is 557 Å². The Morgan fingerprint density at radius 3 is 1.06 bits per heavy atom. The Balaban J connectivity index is 0.00000279. The second kappa shape index (κ2) is 42.4. The van der Waals surface area contributed by atoms with Crippen LogP contribution in [0, 0.1) is 10.8 Å². The summed E-state index contributed by atoms with van der Waals surface area (Å²) < 4.78 is 125. The third kappa shape index (κ3) is 31.0. The van der Waals surface area contributed by atoms with Crippen LogP contribution >= 0.6 is 0 Å². The van der Waals surface area contributed by atoms with E-state index < -0.39 is 118 Å². The third-order valence-electron chi connectivity index (χ3n) is 14.1. The molecule has 0 aromatic heterocycles. The lowest BCUT2D eigenvalue weighted by Crippen LogP contribution is -2.50. The fraction of sp³-hybridized carbons (Fsp3) is 0.288. The van der Waals surface area contributed by atoms with Crippen molar-refractivity contribution in [2.45, 2.75) is 57.3 Å². The number of anilines is 2. The highest BCUT2D eigenvalue weighted by molar-refractivity contribution is 7.87. The van der Waals surface area contributed by atoms with Crippen molar-refractivity contribution in [3.05, 3.63) is 190 Å². The number of nitrogens with zero attached hydrogens (tertiary/aromatic N) is 2. The van der Waals surface area contributed by atoms with E-state index >= 15 is 0 Å². The molecule has 2 amide bonds. The lowest BCUT2D eigenvalue weighted by Gasteiger charge is -2.27. The summed E-state index contributed by atoms with van der Waals surface area (Å²) >= 11 is 0. The lowest BCUT2D eigenvalue weighted by atomic mass is 10.1. The summed E-state index contributed by atoms with van der Waals surface area (Å²) in [6.07, 6.45) is -7.27. The van der Waals surface area contributed by atoms with Crippen molar-refractivity contribution in [3.63, 3.8) is 0 Å². The number of nitrogens with one attached hydrogen (secondary N) is 8. The Morgan fingerprint density at radius 1 is 0.449 bits per heavy atom. The van der Waals surface area contributed by atoms with E-state index in [4.69, 9.17) is 60.6 Å². The van der Waals surface area contributed by atoms with Gasteiger partial charge in [-0.15, -0.1) is 0 Å². The van der Waals surface area contributed by atoms with Crippen LogP contribution in [-0.4, -0.2) is 201 Å². The molecule has 576 valence electrons. The Kier molecular flexibility index (Phi) is 34.1. The van der Waals surface area contributed by atoms with Crippen LogP contribution in [0.15, 0.2) is 146 Å². The van der Waals surface area contributed by atoms with E-state index in [1.165, 1.54) is 146 Å². The Labute approximate surface area is 608 Å². The Hall–Kier alpha value is -11.5. The van der Waals surface area contributed by atoms with E-state index in [0.29, 0.717) is 31.1 Å². The molecule has 0 saturated heterocycles. The molecule has 2 atom stereocenters. The van der Waals surface area contributed by atoms with E-state index in [0.717, 1.165) is 0 Å². The number of carbonyl (C=O) groups is 9. The van der Waals surface area contributed by atoms with Gasteiger partial charge in [-0.1, -0.05) is 48.5 Å².